The molecule has 0 unspecified atom stereocenters. The Morgan fingerprint density at radius 1 is 0.971 bits per heavy atom. The van der Waals surface area contributed by atoms with E-state index in [9.17, 15) is 13.2 Å². The van der Waals surface area contributed by atoms with E-state index in [4.69, 9.17) is 9.47 Å². The van der Waals surface area contributed by atoms with E-state index in [1.165, 1.54) is 0 Å². The average molecular weight is 487 g/mol. The van der Waals surface area contributed by atoms with Crippen LogP contribution in [0.5, 0.6) is 11.5 Å². The zero-order valence-corrected chi connectivity index (χ0v) is 19.9. The summed E-state index contributed by atoms with van der Waals surface area (Å²) >= 11 is 0. The standard InChI is InChI=1S/C24H30N4O5S/c29-24(26-19-6-7-20-21(17-19)33-16-15-32-20)18-8-13-27(14-9-18)23-22(5-4-10-25-23)34(30,31)28-11-2-1-3-12-28/h4-7,10,17-18H,1-3,8-9,11-16H2,(H,26,29). The second-order valence-corrected chi connectivity index (χ2v) is 10.8. The second kappa shape index (κ2) is 9.79. The van der Waals surface area contributed by atoms with Crippen LogP contribution in [0, 0.1) is 5.92 Å². The molecule has 182 valence electrons. The van der Waals surface area contributed by atoms with Crippen LogP contribution in [0.4, 0.5) is 11.5 Å². The highest BCUT2D eigenvalue weighted by Gasteiger charge is 2.33. The van der Waals surface area contributed by atoms with Gasteiger partial charge in [0, 0.05) is 50.0 Å². The first-order chi connectivity index (χ1) is 16.5. The van der Waals surface area contributed by atoms with Gasteiger partial charge in [0.05, 0.1) is 0 Å². The van der Waals surface area contributed by atoms with Gasteiger partial charge in [0.1, 0.15) is 23.9 Å². The van der Waals surface area contributed by atoms with Gasteiger partial charge in [-0.2, -0.15) is 4.31 Å². The molecule has 3 aliphatic rings. The van der Waals surface area contributed by atoms with Crippen molar-refractivity contribution in [1.82, 2.24) is 9.29 Å². The summed E-state index contributed by atoms with van der Waals surface area (Å²) in [5.74, 6) is 1.60. The highest BCUT2D eigenvalue weighted by atomic mass is 32.2. The van der Waals surface area contributed by atoms with Crippen LogP contribution in [0.25, 0.3) is 0 Å². The summed E-state index contributed by atoms with van der Waals surface area (Å²) < 4.78 is 39.3. The van der Waals surface area contributed by atoms with Gasteiger partial charge in [-0.3, -0.25) is 4.79 Å². The highest BCUT2D eigenvalue weighted by molar-refractivity contribution is 7.89. The minimum Gasteiger partial charge on any atom is -0.486 e. The number of carbonyl (C=O) groups is 1. The predicted octanol–water partition coefficient (Wildman–Crippen LogP) is 2.88. The molecule has 2 fully saturated rings. The fourth-order valence-electron chi connectivity index (χ4n) is 4.78. The number of piperidine rings is 2. The zero-order valence-electron chi connectivity index (χ0n) is 19.1. The number of sulfonamides is 1. The number of carbonyl (C=O) groups excluding carboxylic acids is 1. The van der Waals surface area contributed by atoms with Gasteiger partial charge in [0.2, 0.25) is 15.9 Å². The Labute approximate surface area is 200 Å². The normalized spacial score (nSPS) is 19.6. The molecule has 0 saturated carbocycles. The maximum atomic E-state index is 13.3. The van der Waals surface area contributed by atoms with Gasteiger partial charge in [0.25, 0.3) is 0 Å². The lowest BCUT2D eigenvalue weighted by molar-refractivity contribution is -0.120. The van der Waals surface area contributed by atoms with E-state index in [1.54, 1.807) is 34.8 Å². The summed E-state index contributed by atoms with van der Waals surface area (Å²) in [6, 6.07) is 8.72. The van der Waals surface area contributed by atoms with E-state index in [2.05, 4.69) is 10.3 Å². The Bertz CT molecular complexity index is 1140. The van der Waals surface area contributed by atoms with Crippen LogP contribution < -0.4 is 19.7 Å². The molecule has 10 heteroatoms. The van der Waals surface area contributed by atoms with Gasteiger partial charge < -0.3 is 19.7 Å². The fourth-order valence-corrected chi connectivity index (χ4v) is 6.46. The van der Waals surface area contributed by atoms with Crippen molar-refractivity contribution in [3.05, 3.63) is 36.5 Å². The third-order valence-corrected chi connectivity index (χ3v) is 8.58. The Balaban J connectivity index is 1.24. The number of benzene rings is 1. The number of aromatic nitrogens is 1. The van der Waals surface area contributed by atoms with Gasteiger partial charge in [-0.05, 0) is 49.9 Å². The van der Waals surface area contributed by atoms with E-state index < -0.39 is 10.0 Å². The van der Waals surface area contributed by atoms with Crippen LogP contribution in [-0.4, -0.2) is 63.0 Å². The number of rotatable bonds is 5. The topological polar surface area (TPSA) is 101 Å². The minimum atomic E-state index is -3.59. The number of pyridine rings is 1. The Kier molecular flexibility index (Phi) is 6.60. The van der Waals surface area contributed by atoms with Crippen LogP contribution in [0.3, 0.4) is 0 Å². The van der Waals surface area contributed by atoms with Crippen molar-refractivity contribution in [2.75, 3.05) is 49.6 Å². The number of ether oxygens (including phenoxy) is 2. The van der Waals surface area contributed by atoms with E-state index >= 15 is 0 Å². The monoisotopic (exact) mass is 486 g/mol. The summed E-state index contributed by atoms with van der Waals surface area (Å²) in [5.41, 5.74) is 0.677. The van der Waals surface area contributed by atoms with Crippen LogP contribution in [-0.2, 0) is 14.8 Å². The molecule has 5 rings (SSSR count). The lowest BCUT2D eigenvalue weighted by Gasteiger charge is -2.34. The summed E-state index contributed by atoms with van der Waals surface area (Å²) in [5, 5.41) is 2.98. The molecule has 2 saturated heterocycles. The number of amides is 1. The molecule has 0 spiro atoms. The summed E-state index contributed by atoms with van der Waals surface area (Å²) in [7, 11) is -3.59. The molecule has 4 heterocycles. The van der Waals surface area contributed by atoms with Crippen LogP contribution in [0.15, 0.2) is 41.4 Å². The van der Waals surface area contributed by atoms with E-state index in [-0.39, 0.29) is 16.7 Å². The Hall–Kier alpha value is -2.85. The molecule has 2 aromatic rings. The second-order valence-electron chi connectivity index (χ2n) is 8.90. The number of hydrogen-bond donors (Lipinski definition) is 1. The van der Waals surface area contributed by atoms with Gasteiger partial charge in [0.15, 0.2) is 11.5 Å². The van der Waals surface area contributed by atoms with Crippen molar-refractivity contribution in [3.63, 3.8) is 0 Å². The lowest BCUT2D eigenvalue weighted by atomic mass is 9.95. The minimum absolute atomic E-state index is 0.0430. The molecule has 0 atom stereocenters. The van der Waals surface area contributed by atoms with Gasteiger partial charge in [-0.1, -0.05) is 6.42 Å². The summed E-state index contributed by atoms with van der Waals surface area (Å²) in [6.07, 6.45) is 5.71. The van der Waals surface area contributed by atoms with Crippen molar-refractivity contribution in [2.45, 2.75) is 37.0 Å². The first-order valence-electron chi connectivity index (χ1n) is 11.9. The van der Waals surface area contributed by atoms with Crippen LogP contribution in [0.2, 0.25) is 0 Å². The number of fused-ring (bicyclic) bond motifs is 1. The third-order valence-electron chi connectivity index (χ3n) is 6.66. The molecule has 0 aliphatic carbocycles. The molecule has 34 heavy (non-hydrogen) atoms. The maximum Gasteiger partial charge on any atom is 0.246 e. The Morgan fingerprint density at radius 2 is 1.71 bits per heavy atom. The smallest absolute Gasteiger partial charge is 0.246 e. The van der Waals surface area contributed by atoms with E-state index in [1.807, 2.05) is 11.0 Å². The first kappa shape index (κ1) is 22.9. The number of nitrogens with zero attached hydrogens (tertiary/aromatic N) is 3. The van der Waals surface area contributed by atoms with Gasteiger partial charge in [-0.25, -0.2) is 13.4 Å². The molecule has 0 radical (unpaired) electrons. The third kappa shape index (κ3) is 4.69. The molecule has 1 aromatic heterocycles. The highest BCUT2D eigenvalue weighted by Crippen LogP contribution is 2.34. The Morgan fingerprint density at radius 3 is 2.47 bits per heavy atom. The van der Waals surface area contributed by atoms with Crippen molar-refractivity contribution < 1.29 is 22.7 Å². The van der Waals surface area contributed by atoms with E-state index in [0.29, 0.717) is 75.2 Å². The molecule has 1 aromatic carbocycles. The molecular weight excluding hydrogens is 456 g/mol. The lowest BCUT2D eigenvalue weighted by Crippen LogP contribution is -2.40. The van der Waals surface area contributed by atoms with Crippen molar-refractivity contribution in [1.29, 1.82) is 0 Å². The summed E-state index contributed by atoms with van der Waals surface area (Å²) in [4.78, 5) is 19.6. The van der Waals surface area contributed by atoms with Gasteiger partial charge >= 0.3 is 0 Å². The van der Waals surface area contributed by atoms with Crippen molar-refractivity contribution in [3.8, 4) is 11.5 Å². The van der Waals surface area contributed by atoms with Crippen LogP contribution >= 0.6 is 0 Å². The molecule has 1 N–H and O–H groups in total. The van der Waals surface area contributed by atoms with Crippen molar-refractivity contribution in [2.24, 2.45) is 5.92 Å². The first-order valence-corrected chi connectivity index (χ1v) is 13.4. The van der Waals surface area contributed by atoms with E-state index in [0.717, 1.165) is 19.3 Å². The predicted molar refractivity (Wildman–Crippen MR) is 128 cm³/mol. The van der Waals surface area contributed by atoms with Crippen molar-refractivity contribution >= 4 is 27.4 Å². The fraction of sp³-hybridized carbons (Fsp3) is 0.500. The van der Waals surface area contributed by atoms with Crippen LogP contribution in [0.1, 0.15) is 32.1 Å². The molecule has 3 aliphatic heterocycles. The molecule has 1 amide bonds. The molecule has 9 nitrogen and oxygen atoms in total. The zero-order chi connectivity index (χ0) is 23.5. The maximum absolute atomic E-state index is 13.3. The number of nitrogens with one attached hydrogen (secondary N) is 1. The molecular formula is C24H30N4O5S. The number of hydrogen-bond acceptors (Lipinski definition) is 7. The molecule has 0 bridgehead atoms. The average Bonchev–Trinajstić information content (AvgIpc) is 2.89. The quantitative estimate of drug-likeness (QED) is 0.693. The van der Waals surface area contributed by atoms with Gasteiger partial charge in [-0.15, -0.1) is 0 Å². The number of anilines is 2. The SMILES string of the molecule is O=C(Nc1ccc2c(c1)OCCO2)C1CCN(c2ncccc2S(=O)(=O)N2CCCCC2)CC1. The summed E-state index contributed by atoms with van der Waals surface area (Å²) in [6.45, 7) is 3.26. The largest absolute Gasteiger partial charge is 0.486 e.